The van der Waals surface area contributed by atoms with E-state index in [9.17, 15) is 9.90 Å². The summed E-state index contributed by atoms with van der Waals surface area (Å²) in [6.07, 6.45) is 3.05. The van der Waals surface area contributed by atoms with E-state index < -0.39 is 11.9 Å². The molecule has 8 nitrogen and oxygen atoms in total. The fraction of sp³-hybridized carbons (Fsp3) is 0.192. The molecular weight excluding hydrogens is 436 g/mol. The first-order valence-corrected chi connectivity index (χ1v) is 10.7. The van der Waals surface area contributed by atoms with Gasteiger partial charge in [0.1, 0.15) is 42.1 Å². The Morgan fingerprint density at radius 3 is 2.59 bits per heavy atom. The van der Waals surface area contributed by atoms with Crippen LogP contribution in [0.1, 0.15) is 35.1 Å². The number of oxime groups is 1. The number of ether oxygens (including phenoxy) is 1. The zero-order chi connectivity index (χ0) is 23.8. The maximum atomic E-state index is 11.4. The summed E-state index contributed by atoms with van der Waals surface area (Å²) >= 11 is 0. The molecule has 1 unspecified atom stereocenters. The molecule has 0 spiro atoms. The van der Waals surface area contributed by atoms with Gasteiger partial charge in [0, 0.05) is 18.2 Å². The Kier molecular flexibility index (Phi) is 7.39. The Bertz CT molecular complexity index is 1210. The smallest absolute Gasteiger partial charge is 0.314 e. The normalized spacial score (nSPS) is 12.0. The van der Waals surface area contributed by atoms with Crippen molar-refractivity contribution >= 4 is 12.2 Å². The van der Waals surface area contributed by atoms with E-state index in [2.05, 4.69) is 10.1 Å². The molecule has 0 fully saturated rings. The number of benzene rings is 2. The molecule has 4 rings (SSSR count). The largest absolute Gasteiger partial charge is 0.487 e. The number of aromatic nitrogens is 1. The Morgan fingerprint density at radius 2 is 1.88 bits per heavy atom. The van der Waals surface area contributed by atoms with Gasteiger partial charge in [0.2, 0.25) is 5.89 Å². The lowest BCUT2D eigenvalue weighted by Crippen LogP contribution is -2.11. The SMILES string of the molecule is Cc1oc(-c2ccccc2)nc1COc1ccc(CON=CCC(C(=O)O)c2ccco2)cc1. The number of rotatable bonds is 11. The summed E-state index contributed by atoms with van der Waals surface area (Å²) < 4.78 is 16.8. The van der Waals surface area contributed by atoms with Crippen molar-refractivity contribution in [2.45, 2.75) is 32.5 Å². The van der Waals surface area contributed by atoms with E-state index in [1.807, 2.05) is 61.5 Å². The third-order valence-corrected chi connectivity index (χ3v) is 5.12. The quantitative estimate of drug-likeness (QED) is 0.230. The van der Waals surface area contributed by atoms with Crippen LogP contribution in [0.2, 0.25) is 0 Å². The zero-order valence-electron chi connectivity index (χ0n) is 18.6. The highest BCUT2D eigenvalue weighted by atomic mass is 16.6. The van der Waals surface area contributed by atoms with E-state index in [1.54, 1.807) is 12.1 Å². The predicted molar refractivity (Wildman–Crippen MR) is 124 cm³/mol. The van der Waals surface area contributed by atoms with Crippen molar-refractivity contribution in [2.24, 2.45) is 5.16 Å². The van der Waals surface area contributed by atoms with Crippen molar-refractivity contribution in [1.29, 1.82) is 0 Å². The minimum absolute atomic E-state index is 0.170. The fourth-order valence-corrected chi connectivity index (χ4v) is 3.24. The Labute approximate surface area is 196 Å². The Morgan fingerprint density at radius 1 is 1.09 bits per heavy atom. The molecule has 0 radical (unpaired) electrons. The van der Waals surface area contributed by atoms with Crippen LogP contribution in [-0.4, -0.2) is 22.3 Å². The van der Waals surface area contributed by atoms with E-state index in [1.165, 1.54) is 12.5 Å². The number of carboxylic acids is 1. The maximum absolute atomic E-state index is 11.4. The van der Waals surface area contributed by atoms with Crippen LogP contribution in [0.3, 0.4) is 0 Å². The van der Waals surface area contributed by atoms with Gasteiger partial charge in [-0.15, -0.1) is 0 Å². The molecule has 0 aliphatic heterocycles. The zero-order valence-corrected chi connectivity index (χ0v) is 18.6. The summed E-state index contributed by atoms with van der Waals surface area (Å²) in [7, 11) is 0. The molecule has 34 heavy (non-hydrogen) atoms. The van der Waals surface area contributed by atoms with Crippen LogP contribution in [0.5, 0.6) is 5.75 Å². The molecule has 8 heteroatoms. The molecule has 0 bridgehead atoms. The summed E-state index contributed by atoms with van der Waals surface area (Å²) in [4.78, 5) is 21.2. The second-order valence-corrected chi connectivity index (χ2v) is 7.52. The summed E-state index contributed by atoms with van der Waals surface area (Å²) in [6, 6.07) is 20.4. The highest BCUT2D eigenvalue weighted by Gasteiger charge is 2.21. The lowest BCUT2D eigenvalue weighted by Gasteiger charge is -2.06. The van der Waals surface area contributed by atoms with Gasteiger partial charge in [-0.2, -0.15) is 0 Å². The first kappa shape index (κ1) is 22.8. The van der Waals surface area contributed by atoms with Gasteiger partial charge in [-0.25, -0.2) is 4.98 Å². The molecule has 174 valence electrons. The molecule has 1 N–H and O–H groups in total. The van der Waals surface area contributed by atoms with Crippen molar-refractivity contribution in [3.63, 3.8) is 0 Å². The van der Waals surface area contributed by atoms with Gasteiger partial charge >= 0.3 is 5.97 Å². The average Bonchev–Trinajstić information content (AvgIpc) is 3.51. The number of aryl methyl sites for hydroxylation is 1. The van der Waals surface area contributed by atoms with E-state index in [4.69, 9.17) is 18.4 Å². The van der Waals surface area contributed by atoms with Gasteiger partial charge in [-0.05, 0) is 48.9 Å². The van der Waals surface area contributed by atoms with Crippen molar-refractivity contribution < 1.29 is 28.3 Å². The molecule has 2 aromatic carbocycles. The predicted octanol–water partition coefficient (Wildman–Crippen LogP) is 5.58. The standard InChI is InChI=1S/C26H24N2O6/c1-18-23(28-25(34-18)20-6-3-2-4-7-20)17-32-21-11-9-19(10-12-21)16-33-27-14-13-22(26(29)30)24-8-5-15-31-24/h2-12,14-15,22H,13,16-17H2,1H3,(H,29,30). The van der Waals surface area contributed by atoms with Gasteiger partial charge in [-0.3, -0.25) is 4.79 Å². The van der Waals surface area contributed by atoms with E-state index in [0.29, 0.717) is 24.0 Å². The summed E-state index contributed by atoms with van der Waals surface area (Å²) in [5.74, 6) is 0.595. The van der Waals surface area contributed by atoms with E-state index in [0.717, 1.165) is 22.6 Å². The number of carbonyl (C=O) groups is 1. The number of nitrogens with zero attached hydrogens (tertiary/aromatic N) is 2. The van der Waals surface area contributed by atoms with Gasteiger partial charge in [0.15, 0.2) is 0 Å². The summed E-state index contributed by atoms with van der Waals surface area (Å²) in [6.45, 7) is 2.41. The molecule has 1 atom stereocenters. The van der Waals surface area contributed by atoms with Crippen LogP contribution in [0.4, 0.5) is 0 Å². The molecule has 4 aromatic rings. The van der Waals surface area contributed by atoms with E-state index in [-0.39, 0.29) is 13.0 Å². The topological polar surface area (TPSA) is 107 Å². The van der Waals surface area contributed by atoms with Crippen LogP contribution in [0.15, 0.2) is 87.0 Å². The first-order valence-electron chi connectivity index (χ1n) is 10.7. The molecule has 0 amide bonds. The van der Waals surface area contributed by atoms with Gasteiger partial charge in [0.05, 0.1) is 6.26 Å². The van der Waals surface area contributed by atoms with Crippen LogP contribution in [0, 0.1) is 6.92 Å². The van der Waals surface area contributed by atoms with Gasteiger partial charge < -0.3 is 23.5 Å². The molecule has 0 aliphatic rings. The third kappa shape index (κ3) is 5.92. The Balaban J connectivity index is 1.24. The summed E-state index contributed by atoms with van der Waals surface area (Å²) in [5, 5.41) is 13.2. The number of oxazole rings is 1. The van der Waals surface area contributed by atoms with Gasteiger partial charge in [0.25, 0.3) is 0 Å². The highest BCUT2D eigenvalue weighted by Crippen LogP contribution is 2.23. The number of furan rings is 1. The fourth-order valence-electron chi connectivity index (χ4n) is 3.24. The van der Waals surface area contributed by atoms with Crippen molar-refractivity contribution in [3.8, 4) is 17.2 Å². The van der Waals surface area contributed by atoms with Crippen molar-refractivity contribution in [2.75, 3.05) is 0 Å². The Hall–Kier alpha value is -4.33. The highest BCUT2D eigenvalue weighted by molar-refractivity contribution is 5.79. The monoisotopic (exact) mass is 460 g/mol. The third-order valence-electron chi connectivity index (χ3n) is 5.12. The van der Waals surface area contributed by atoms with E-state index >= 15 is 0 Å². The number of hydrogen-bond donors (Lipinski definition) is 1. The minimum atomic E-state index is -0.978. The molecular formula is C26H24N2O6. The molecule has 2 aromatic heterocycles. The van der Waals surface area contributed by atoms with Crippen LogP contribution >= 0.6 is 0 Å². The molecule has 0 aliphatic carbocycles. The van der Waals surface area contributed by atoms with Crippen LogP contribution in [-0.2, 0) is 22.8 Å². The van der Waals surface area contributed by atoms with Crippen molar-refractivity contribution in [1.82, 2.24) is 4.98 Å². The number of hydrogen-bond acceptors (Lipinski definition) is 7. The molecule has 0 saturated carbocycles. The second kappa shape index (κ2) is 11.0. The molecule has 2 heterocycles. The lowest BCUT2D eigenvalue weighted by atomic mass is 10.0. The van der Waals surface area contributed by atoms with Crippen LogP contribution < -0.4 is 4.74 Å². The summed E-state index contributed by atoms with van der Waals surface area (Å²) in [5.41, 5.74) is 2.56. The first-order chi connectivity index (χ1) is 16.6. The minimum Gasteiger partial charge on any atom is -0.487 e. The average molecular weight is 460 g/mol. The second-order valence-electron chi connectivity index (χ2n) is 7.52. The number of aliphatic carboxylic acids is 1. The van der Waals surface area contributed by atoms with Crippen LogP contribution in [0.25, 0.3) is 11.5 Å². The number of carboxylic acid groups (broad SMARTS) is 1. The molecule has 0 saturated heterocycles. The maximum Gasteiger partial charge on any atom is 0.314 e. The lowest BCUT2D eigenvalue weighted by molar-refractivity contribution is -0.139. The van der Waals surface area contributed by atoms with Crippen molar-refractivity contribution in [3.05, 3.63) is 95.8 Å². The van der Waals surface area contributed by atoms with Gasteiger partial charge in [-0.1, -0.05) is 35.5 Å².